The second kappa shape index (κ2) is 8.25. The Bertz CT molecular complexity index is 460. The second-order valence-electron chi connectivity index (χ2n) is 9.83. The zero-order valence-corrected chi connectivity index (χ0v) is 16.2. The maximum atomic E-state index is 10.1. The highest BCUT2D eigenvalue weighted by Gasteiger charge is 2.50. The molecule has 5 rings (SSSR count). The molecule has 4 bridgehead atoms. The number of rotatable bonds is 8. The van der Waals surface area contributed by atoms with Gasteiger partial charge >= 0.3 is 0 Å². The van der Waals surface area contributed by atoms with Crippen molar-refractivity contribution in [3.05, 3.63) is 0 Å². The van der Waals surface area contributed by atoms with Crippen molar-refractivity contribution in [1.82, 2.24) is 0 Å². The highest BCUT2D eigenvalue weighted by Crippen LogP contribution is 2.60. The van der Waals surface area contributed by atoms with Gasteiger partial charge in [-0.3, -0.25) is 0 Å². The van der Waals surface area contributed by atoms with Crippen LogP contribution in [0.5, 0.6) is 0 Å². The Hall–Kier alpha value is -0.240. The van der Waals surface area contributed by atoms with Crippen LogP contribution in [0, 0.1) is 23.2 Å². The Kier molecular flexibility index (Phi) is 6.12. The van der Waals surface area contributed by atoms with E-state index in [9.17, 15) is 20.4 Å². The maximum absolute atomic E-state index is 10.1. The van der Waals surface area contributed by atoms with Crippen LogP contribution in [0.15, 0.2) is 0 Å². The topological polar surface area (TPSA) is 99.4 Å². The third-order valence-corrected chi connectivity index (χ3v) is 7.59. The number of unbranched alkanes of at least 4 members (excludes halogenated alkanes) is 1. The number of aliphatic hydroxyl groups excluding tert-OH is 4. The Balaban J connectivity index is 1.15. The zero-order valence-electron chi connectivity index (χ0n) is 16.2. The molecule has 0 aromatic carbocycles. The summed E-state index contributed by atoms with van der Waals surface area (Å²) in [4.78, 5) is 0. The monoisotopic (exact) mass is 384 g/mol. The lowest BCUT2D eigenvalue weighted by molar-refractivity contribution is -0.230. The summed E-state index contributed by atoms with van der Waals surface area (Å²) in [5.74, 6) is 2.85. The van der Waals surface area contributed by atoms with Gasteiger partial charge in [0.1, 0.15) is 24.4 Å². The molecule has 4 N–H and O–H groups in total. The predicted molar refractivity (Wildman–Crippen MR) is 99.0 cm³/mol. The first-order chi connectivity index (χ1) is 13.0. The zero-order chi connectivity index (χ0) is 19.0. The molecule has 1 heterocycles. The average molecular weight is 385 g/mol. The third-order valence-electron chi connectivity index (χ3n) is 7.59. The van der Waals surface area contributed by atoms with Crippen LogP contribution in [-0.2, 0) is 9.47 Å². The minimum Gasteiger partial charge on any atom is -0.394 e. The normalized spacial score (nSPS) is 48.9. The molecule has 0 spiro atoms. The van der Waals surface area contributed by atoms with E-state index in [0.717, 1.165) is 43.8 Å². The van der Waals surface area contributed by atoms with E-state index in [1.807, 2.05) is 0 Å². The second-order valence-corrected chi connectivity index (χ2v) is 9.83. The lowest BCUT2D eigenvalue weighted by atomic mass is 9.50. The SMILES string of the molecule is OC[C@H]1O[C@@H](CCCCOCC23CC4CC(CC(C4)C2)C3)[C@H](O)[C@@H](O)[C@@H]1O. The van der Waals surface area contributed by atoms with E-state index in [1.54, 1.807) is 0 Å². The molecule has 4 aliphatic carbocycles. The maximum Gasteiger partial charge on any atom is 0.111 e. The first-order valence-electron chi connectivity index (χ1n) is 10.9. The Morgan fingerprint density at radius 2 is 1.41 bits per heavy atom. The van der Waals surface area contributed by atoms with E-state index in [4.69, 9.17) is 9.47 Å². The Morgan fingerprint density at radius 1 is 0.815 bits per heavy atom. The fourth-order valence-corrected chi connectivity index (χ4v) is 6.72. The van der Waals surface area contributed by atoms with Gasteiger partial charge in [0.25, 0.3) is 0 Å². The molecule has 0 aromatic heterocycles. The van der Waals surface area contributed by atoms with Gasteiger partial charge in [0.15, 0.2) is 0 Å². The molecule has 27 heavy (non-hydrogen) atoms. The summed E-state index contributed by atoms with van der Waals surface area (Å²) in [6.07, 6.45) is 5.75. The summed E-state index contributed by atoms with van der Waals surface area (Å²) in [5, 5.41) is 39.0. The molecule has 1 aliphatic heterocycles. The van der Waals surface area contributed by atoms with Crippen LogP contribution in [-0.4, -0.2) is 70.8 Å². The highest BCUT2D eigenvalue weighted by molar-refractivity contribution is 5.01. The van der Waals surface area contributed by atoms with Crippen LogP contribution >= 0.6 is 0 Å². The summed E-state index contributed by atoms with van der Waals surface area (Å²) in [5.41, 5.74) is 0.450. The van der Waals surface area contributed by atoms with E-state index in [0.29, 0.717) is 11.8 Å². The summed E-state index contributed by atoms with van der Waals surface area (Å²) < 4.78 is 11.6. The molecular formula is C21H36O6. The van der Waals surface area contributed by atoms with Crippen molar-refractivity contribution >= 4 is 0 Å². The summed E-state index contributed by atoms with van der Waals surface area (Å²) in [7, 11) is 0. The predicted octanol–water partition coefficient (Wildman–Crippen LogP) is 1.23. The number of aliphatic hydroxyl groups is 4. The first kappa shape index (κ1) is 20.0. The minimum atomic E-state index is -1.27. The van der Waals surface area contributed by atoms with E-state index in [-0.39, 0.29) is 6.61 Å². The highest BCUT2D eigenvalue weighted by atomic mass is 16.5. The van der Waals surface area contributed by atoms with Gasteiger partial charge in [-0.2, -0.15) is 0 Å². The molecule has 6 nitrogen and oxygen atoms in total. The fraction of sp³-hybridized carbons (Fsp3) is 1.00. The molecule has 0 radical (unpaired) electrons. The lowest BCUT2D eigenvalue weighted by Crippen LogP contribution is -2.58. The quantitative estimate of drug-likeness (QED) is 0.470. The largest absolute Gasteiger partial charge is 0.394 e. The molecule has 1 saturated heterocycles. The van der Waals surface area contributed by atoms with Crippen LogP contribution in [0.4, 0.5) is 0 Å². The van der Waals surface area contributed by atoms with Crippen molar-refractivity contribution in [2.24, 2.45) is 23.2 Å². The average Bonchev–Trinajstić information content (AvgIpc) is 2.63. The smallest absolute Gasteiger partial charge is 0.111 e. The van der Waals surface area contributed by atoms with E-state index in [1.165, 1.54) is 38.5 Å². The van der Waals surface area contributed by atoms with Gasteiger partial charge in [0.2, 0.25) is 0 Å². The summed E-state index contributed by atoms with van der Waals surface area (Å²) in [6, 6.07) is 0. The van der Waals surface area contributed by atoms with Gasteiger partial charge in [0.05, 0.1) is 19.3 Å². The van der Waals surface area contributed by atoms with Gasteiger partial charge in [-0.15, -0.1) is 0 Å². The van der Waals surface area contributed by atoms with E-state index < -0.39 is 30.5 Å². The van der Waals surface area contributed by atoms with Crippen molar-refractivity contribution in [2.45, 2.75) is 88.3 Å². The van der Waals surface area contributed by atoms with Gasteiger partial charge in [-0.25, -0.2) is 0 Å². The van der Waals surface area contributed by atoms with E-state index in [2.05, 4.69) is 0 Å². The van der Waals surface area contributed by atoms with Gasteiger partial charge in [-0.05, 0) is 81.0 Å². The molecule has 4 saturated carbocycles. The van der Waals surface area contributed by atoms with Crippen LogP contribution in [0.25, 0.3) is 0 Å². The van der Waals surface area contributed by atoms with Gasteiger partial charge in [0, 0.05) is 6.61 Å². The van der Waals surface area contributed by atoms with Crippen molar-refractivity contribution in [3.8, 4) is 0 Å². The number of hydrogen-bond acceptors (Lipinski definition) is 6. The van der Waals surface area contributed by atoms with Crippen LogP contribution in [0.1, 0.15) is 57.8 Å². The van der Waals surface area contributed by atoms with Gasteiger partial charge in [-0.1, -0.05) is 0 Å². The number of ether oxygens (including phenoxy) is 2. The van der Waals surface area contributed by atoms with Crippen molar-refractivity contribution < 1.29 is 29.9 Å². The summed E-state index contributed by atoms with van der Waals surface area (Å²) >= 11 is 0. The Morgan fingerprint density at radius 3 is 2.00 bits per heavy atom. The molecule has 6 heteroatoms. The Labute approximate surface area is 161 Å². The molecular weight excluding hydrogens is 348 g/mol. The van der Waals surface area contributed by atoms with Crippen molar-refractivity contribution in [2.75, 3.05) is 19.8 Å². The standard InChI is InChI=1S/C21H36O6/c22-11-17-19(24)20(25)18(23)16(27-17)3-1-2-4-26-12-21-8-13-5-14(9-21)7-15(6-13)10-21/h13-20,22-25H,1-12H2/t13?,14?,15?,16-,17+,18-,19+,20+,21?/m0/s1. The van der Waals surface area contributed by atoms with E-state index >= 15 is 0 Å². The molecule has 5 atom stereocenters. The van der Waals surface area contributed by atoms with Crippen LogP contribution in [0.2, 0.25) is 0 Å². The lowest BCUT2D eigenvalue weighted by Gasteiger charge is -2.56. The van der Waals surface area contributed by atoms with Crippen molar-refractivity contribution in [1.29, 1.82) is 0 Å². The molecule has 156 valence electrons. The molecule has 0 unspecified atom stereocenters. The van der Waals surface area contributed by atoms with Crippen molar-refractivity contribution in [3.63, 3.8) is 0 Å². The molecule has 0 amide bonds. The number of hydrogen-bond donors (Lipinski definition) is 4. The fourth-order valence-electron chi connectivity index (χ4n) is 6.72. The van der Waals surface area contributed by atoms with Crippen LogP contribution < -0.4 is 0 Å². The first-order valence-corrected chi connectivity index (χ1v) is 10.9. The van der Waals surface area contributed by atoms with Crippen LogP contribution in [0.3, 0.4) is 0 Å². The van der Waals surface area contributed by atoms with Gasteiger partial charge < -0.3 is 29.9 Å². The minimum absolute atomic E-state index is 0.365. The molecule has 0 aromatic rings. The molecule has 5 fully saturated rings. The third kappa shape index (κ3) is 4.21. The summed E-state index contributed by atoms with van der Waals surface area (Å²) in [6.45, 7) is 1.26. The molecule has 5 aliphatic rings.